The first-order valence-corrected chi connectivity index (χ1v) is 9.29. The highest BCUT2D eigenvalue weighted by molar-refractivity contribution is 5.46. The van der Waals surface area contributed by atoms with Crippen LogP contribution in [0.2, 0.25) is 0 Å². The van der Waals surface area contributed by atoms with Crippen molar-refractivity contribution in [1.82, 2.24) is 9.97 Å². The number of nitrogens with one attached hydrogen (secondary N) is 1. The highest BCUT2D eigenvalue weighted by Crippen LogP contribution is 2.28. The Morgan fingerprint density at radius 1 is 1.15 bits per heavy atom. The maximum atomic E-state index is 5.37. The summed E-state index contributed by atoms with van der Waals surface area (Å²) >= 11 is 0. The average molecular weight is 356 g/mol. The normalized spacial score (nSPS) is 17.0. The van der Waals surface area contributed by atoms with Gasteiger partial charge in [-0.2, -0.15) is 4.98 Å². The third-order valence-electron chi connectivity index (χ3n) is 4.92. The second-order valence-electron chi connectivity index (χ2n) is 6.54. The summed E-state index contributed by atoms with van der Waals surface area (Å²) in [5.41, 5.74) is 1.10. The predicted octanol–water partition coefficient (Wildman–Crippen LogP) is 3.87. The summed E-state index contributed by atoms with van der Waals surface area (Å²) in [6.45, 7) is 3.94. The van der Waals surface area contributed by atoms with Crippen molar-refractivity contribution in [2.75, 3.05) is 31.0 Å². The van der Waals surface area contributed by atoms with Crippen molar-refractivity contribution < 1.29 is 9.47 Å². The van der Waals surface area contributed by atoms with Crippen molar-refractivity contribution in [3.05, 3.63) is 36.0 Å². The van der Waals surface area contributed by atoms with Gasteiger partial charge in [-0.05, 0) is 49.4 Å². The van der Waals surface area contributed by atoms with Gasteiger partial charge in [0.15, 0.2) is 11.5 Å². The van der Waals surface area contributed by atoms with Crippen molar-refractivity contribution in [2.45, 2.75) is 45.2 Å². The topological polar surface area (TPSA) is 59.5 Å². The Hall–Kier alpha value is -2.50. The maximum Gasteiger partial charge on any atom is 0.227 e. The van der Waals surface area contributed by atoms with Crippen LogP contribution < -0.4 is 19.7 Å². The number of hydrogen-bond acceptors (Lipinski definition) is 6. The summed E-state index contributed by atoms with van der Waals surface area (Å²) < 4.78 is 10.7. The highest BCUT2D eigenvalue weighted by Gasteiger charge is 2.23. The zero-order valence-corrected chi connectivity index (χ0v) is 15.9. The molecule has 1 fully saturated rings. The number of ether oxygens (including phenoxy) is 2. The molecule has 1 aliphatic rings. The van der Waals surface area contributed by atoms with Gasteiger partial charge < -0.3 is 19.7 Å². The molecular weight excluding hydrogens is 328 g/mol. The van der Waals surface area contributed by atoms with Crippen LogP contribution in [0.1, 0.15) is 38.2 Å². The van der Waals surface area contributed by atoms with Gasteiger partial charge in [0, 0.05) is 25.3 Å². The van der Waals surface area contributed by atoms with Gasteiger partial charge in [0.1, 0.15) is 5.82 Å². The van der Waals surface area contributed by atoms with Gasteiger partial charge in [-0.15, -0.1) is 0 Å². The molecule has 26 heavy (non-hydrogen) atoms. The second kappa shape index (κ2) is 8.74. The van der Waals surface area contributed by atoms with Crippen molar-refractivity contribution >= 4 is 11.8 Å². The molecule has 1 aliphatic heterocycles. The number of methoxy groups -OCH3 is 2. The number of anilines is 2. The Balaban J connectivity index is 1.69. The van der Waals surface area contributed by atoms with Crippen molar-refractivity contribution in [2.24, 2.45) is 0 Å². The van der Waals surface area contributed by atoms with Gasteiger partial charge in [0.25, 0.3) is 0 Å². The van der Waals surface area contributed by atoms with Crippen molar-refractivity contribution in [3.63, 3.8) is 0 Å². The van der Waals surface area contributed by atoms with Crippen LogP contribution in [0.4, 0.5) is 11.8 Å². The summed E-state index contributed by atoms with van der Waals surface area (Å²) in [6, 6.07) is 8.38. The van der Waals surface area contributed by atoms with Crippen LogP contribution in [-0.2, 0) is 6.54 Å². The zero-order chi connectivity index (χ0) is 18.4. The molecule has 1 N–H and O–H groups in total. The first-order valence-electron chi connectivity index (χ1n) is 9.29. The van der Waals surface area contributed by atoms with Crippen LogP contribution in [0.5, 0.6) is 11.5 Å². The Morgan fingerprint density at radius 3 is 2.77 bits per heavy atom. The summed E-state index contributed by atoms with van der Waals surface area (Å²) in [5, 5.41) is 3.39. The van der Waals surface area contributed by atoms with E-state index < -0.39 is 0 Å². The number of nitrogens with zero attached hydrogens (tertiary/aromatic N) is 3. The van der Waals surface area contributed by atoms with Crippen LogP contribution in [-0.4, -0.2) is 36.8 Å². The van der Waals surface area contributed by atoms with Gasteiger partial charge in [0.05, 0.1) is 14.2 Å². The molecule has 1 aromatic carbocycles. The van der Waals surface area contributed by atoms with E-state index in [-0.39, 0.29) is 0 Å². The standard InChI is InChI=1S/C20H28N4O2/c1-4-16-7-5-6-12-24(16)20-21-11-10-19(23-20)22-14-15-8-9-17(25-2)18(13-15)26-3/h8-11,13,16H,4-7,12,14H2,1-3H3,(H,21,22,23). The SMILES string of the molecule is CCC1CCCCN1c1nccc(NCc2ccc(OC)c(OC)c2)n1. The lowest BCUT2D eigenvalue weighted by Gasteiger charge is -2.35. The molecule has 1 atom stereocenters. The lowest BCUT2D eigenvalue weighted by atomic mass is 10.0. The van der Waals surface area contributed by atoms with Gasteiger partial charge in [-0.1, -0.05) is 13.0 Å². The minimum Gasteiger partial charge on any atom is -0.493 e. The first-order chi connectivity index (χ1) is 12.7. The smallest absolute Gasteiger partial charge is 0.227 e. The molecule has 0 radical (unpaired) electrons. The lowest BCUT2D eigenvalue weighted by molar-refractivity contribution is 0.354. The molecule has 2 aromatic rings. The van der Waals surface area contributed by atoms with E-state index in [2.05, 4.69) is 22.1 Å². The van der Waals surface area contributed by atoms with Gasteiger partial charge in [-0.25, -0.2) is 4.98 Å². The number of hydrogen-bond donors (Lipinski definition) is 1. The Morgan fingerprint density at radius 2 is 2.00 bits per heavy atom. The summed E-state index contributed by atoms with van der Waals surface area (Å²) in [4.78, 5) is 11.6. The van der Waals surface area contributed by atoms with Gasteiger partial charge in [-0.3, -0.25) is 0 Å². The summed E-state index contributed by atoms with van der Waals surface area (Å²) in [6.07, 6.45) is 6.70. The number of rotatable bonds is 7. The van der Waals surface area contributed by atoms with Crippen LogP contribution in [0.25, 0.3) is 0 Å². The first kappa shape index (κ1) is 18.3. The summed E-state index contributed by atoms with van der Waals surface area (Å²) in [7, 11) is 3.29. The molecule has 6 heteroatoms. The molecule has 1 unspecified atom stereocenters. The average Bonchev–Trinajstić information content (AvgIpc) is 2.72. The number of aromatic nitrogens is 2. The highest BCUT2D eigenvalue weighted by atomic mass is 16.5. The van der Waals surface area contributed by atoms with Crippen molar-refractivity contribution in [1.29, 1.82) is 0 Å². The molecule has 140 valence electrons. The maximum absolute atomic E-state index is 5.37. The molecule has 0 aliphatic carbocycles. The molecular formula is C20H28N4O2. The third kappa shape index (κ3) is 4.18. The lowest BCUT2D eigenvalue weighted by Crippen LogP contribution is -2.40. The van der Waals surface area contributed by atoms with Crippen LogP contribution in [0.3, 0.4) is 0 Å². The van der Waals surface area contributed by atoms with E-state index in [9.17, 15) is 0 Å². The van der Waals surface area contributed by atoms with Crippen LogP contribution in [0, 0.1) is 0 Å². The third-order valence-corrected chi connectivity index (χ3v) is 4.92. The Labute approximate surface area is 155 Å². The Bertz CT molecular complexity index is 723. The number of benzene rings is 1. The Kier molecular flexibility index (Phi) is 6.15. The molecule has 0 spiro atoms. The van der Waals surface area contributed by atoms with E-state index in [1.807, 2.05) is 30.5 Å². The molecule has 0 amide bonds. The monoisotopic (exact) mass is 356 g/mol. The van der Waals surface area contributed by atoms with E-state index in [0.717, 1.165) is 41.8 Å². The largest absolute Gasteiger partial charge is 0.493 e. The minimum atomic E-state index is 0.546. The number of piperidine rings is 1. The van der Waals surface area contributed by atoms with E-state index >= 15 is 0 Å². The molecule has 0 saturated carbocycles. The molecule has 3 rings (SSSR count). The predicted molar refractivity (Wildman–Crippen MR) is 104 cm³/mol. The van der Waals surface area contributed by atoms with Crippen molar-refractivity contribution in [3.8, 4) is 11.5 Å². The molecule has 6 nitrogen and oxygen atoms in total. The van der Waals surface area contributed by atoms with Gasteiger partial charge >= 0.3 is 0 Å². The minimum absolute atomic E-state index is 0.546. The van der Waals surface area contributed by atoms with Gasteiger partial charge in [0.2, 0.25) is 5.95 Å². The molecule has 1 aromatic heterocycles. The van der Waals surface area contributed by atoms with E-state index in [1.165, 1.54) is 19.3 Å². The quantitative estimate of drug-likeness (QED) is 0.812. The van der Waals surface area contributed by atoms with E-state index in [0.29, 0.717) is 12.6 Å². The fourth-order valence-electron chi connectivity index (χ4n) is 3.46. The van der Waals surface area contributed by atoms with E-state index in [1.54, 1.807) is 14.2 Å². The van der Waals surface area contributed by atoms with E-state index in [4.69, 9.17) is 14.5 Å². The molecule has 1 saturated heterocycles. The van der Waals surface area contributed by atoms with Crippen LogP contribution in [0.15, 0.2) is 30.5 Å². The zero-order valence-electron chi connectivity index (χ0n) is 15.9. The fraction of sp³-hybridized carbons (Fsp3) is 0.500. The second-order valence-corrected chi connectivity index (χ2v) is 6.54. The fourth-order valence-corrected chi connectivity index (χ4v) is 3.46. The van der Waals surface area contributed by atoms with Crippen LogP contribution >= 0.6 is 0 Å². The molecule has 2 heterocycles. The summed E-state index contributed by atoms with van der Waals surface area (Å²) in [5.74, 6) is 3.13. The molecule has 0 bridgehead atoms.